The molecule has 0 unspecified atom stereocenters. The van der Waals surface area contributed by atoms with Crippen LogP contribution >= 0.6 is 0 Å². The summed E-state index contributed by atoms with van der Waals surface area (Å²) in [5.74, 6) is -0.530. The smallest absolute Gasteiger partial charge is 0.257 e. The molecule has 172 valence electrons. The van der Waals surface area contributed by atoms with Crippen molar-refractivity contribution in [3.8, 4) is 6.07 Å². The predicted molar refractivity (Wildman–Crippen MR) is 125 cm³/mol. The zero-order valence-electron chi connectivity index (χ0n) is 19.0. The highest BCUT2D eigenvalue weighted by Gasteiger charge is 2.39. The maximum atomic E-state index is 15.5. The van der Waals surface area contributed by atoms with Gasteiger partial charge in [-0.1, -0.05) is 6.07 Å². The third-order valence-electron chi connectivity index (χ3n) is 6.10. The number of pyridine rings is 2. The standard InChI is InChI=1S/C26H24FN5O2/c1-17-3-6-20(13-22(17)31-24(33)21-7-4-18(2)29-16-21)25(34)32-11-9-26(27,10-12-32)23-8-5-19(14-28)15-30-23/h3-8,13,15-16H,9-12H2,1-2H3,(H,31,33). The number of aromatic nitrogens is 2. The quantitative estimate of drug-likeness (QED) is 0.629. The number of benzene rings is 1. The number of carbonyl (C=O) groups is 2. The molecule has 0 saturated carbocycles. The van der Waals surface area contributed by atoms with Crippen molar-refractivity contribution in [2.75, 3.05) is 18.4 Å². The molecule has 1 N–H and O–H groups in total. The maximum absolute atomic E-state index is 15.5. The highest BCUT2D eigenvalue weighted by molar-refractivity contribution is 6.05. The number of nitriles is 1. The minimum absolute atomic E-state index is 0.119. The van der Waals surface area contributed by atoms with Crippen LogP contribution in [0.15, 0.2) is 54.9 Å². The number of amides is 2. The molecule has 2 amide bonds. The zero-order valence-corrected chi connectivity index (χ0v) is 19.0. The van der Waals surface area contributed by atoms with Gasteiger partial charge in [-0.3, -0.25) is 19.6 Å². The average molecular weight is 458 g/mol. The van der Waals surface area contributed by atoms with Crippen molar-refractivity contribution < 1.29 is 14.0 Å². The van der Waals surface area contributed by atoms with Crippen molar-refractivity contribution in [2.45, 2.75) is 32.4 Å². The number of anilines is 1. The SMILES string of the molecule is Cc1ccc(C(=O)Nc2cc(C(=O)N3CCC(F)(c4ccc(C#N)cn4)CC3)ccc2C)cn1. The Kier molecular flexibility index (Phi) is 6.37. The summed E-state index contributed by atoms with van der Waals surface area (Å²) in [6, 6.07) is 13.7. The molecule has 0 atom stereocenters. The number of nitrogens with one attached hydrogen (secondary N) is 1. The summed E-state index contributed by atoms with van der Waals surface area (Å²) in [5.41, 5.74) is 2.03. The second-order valence-electron chi connectivity index (χ2n) is 8.47. The van der Waals surface area contributed by atoms with Gasteiger partial charge in [-0.15, -0.1) is 0 Å². The number of nitrogens with zero attached hydrogens (tertiary/aromatic N) is 4. The molecule has 7 nitrogen and oxygen atoms in total. The summed E-state index contributed by atoms with van der Waals surface area (Å²) < 4.78 is 15.5. The number of alkyl halides is 1. The molecule has 8 heteroatoms. The van der Waals surface area contributed by atoms with Gasteiger partial charge in [0.25, 0.3) is 11.8 Å². The van der Waals surface area contributed by atoms with Gasteiger partial charge in [0, 0.05) is 55.3 Å². The molecule has 1 aliphatic rings. The van der Waals surface area contributed by atoms with Gasteiger partial charge in [-0.05, 0) is 55.8 Å². The van der Waals surface area contributed by atoms with Gasteiger partial charge >= 0.3 is 0 Å². The molecule has 4 rings (SSSR count). The fraction of sp³-hybridized carbons (Fsp3) is 0.269. The lowest BCUT2D eigenvalue weighted by molar-refractivity contribution is 0.0402. The van der Waals surface area contributed by atoms with Gasteiger partial charge in [0.1, 0.15) is 6.07 Å². The highest BCUT2D eigenvalue weighted by atomic mass is 19.1. The van der Waals surface area contributed by atoms with E-state index in [4.69, 9.17) is 5.26 Å². The van der Waals surface area contributed by atoms with E-state index in [2.05, 4.69) is 15.3 Å². The number of likely N-dealkylation sites (tertiary alicyclic amines) is 1. The molecule has 3 aromatic rings. The molecule has 0 spiro atoms. The predicted octanol–water partition coefficient (Wildman–Crippen LogP) is 4.32. The molecule has 1 aromatic carbocycles. The molecular weight excluding hydrogens is 433 g/mol. The molecule has 2 aromatic heterocycles. The van der Waals surface area contributed by atoms with Crippen molar-refractivity contribution in [3.63, 3.8) is 0 Å². The zero-order chi connectivity index (χ0) is 24.3. The lowest BCUT2D eigenvalue weighted by Crippen LogP contribution is -2.43. The molecule has 34 heavy (non-hydrogen) atoms. The average Bonchev–Trinajstić information content (AvgIpc) is 2.86. The Hall–Kier alpha value is -4.12. The summed E-state index contributed by atoms with van der Waals surface area (Å²) in [6.07, 6.45) is 3.11. The Bertz CT molecular complexity index is 1260. The van der Waals surface area contributed by atoms with E-state index in [1.165, 1.54) is 18.5 Å². The van der Waals surface area contributed by atoms with Crippen molar-refractivity contribution in [1.82, 2.24) is 14.9 Å². The van der Waals surface area contributed by atoms with Crippen LogP contribution in [0.2, 0.25) is 0 Å². The Morgan fingerprint density at radius 1 is 1.03 bits per heavy atom. The van der Waals surface area contributed by atoms with Crippen LogP contribution in [0.3, 0.4) is 0 Å². The number of hydrogen-bond donors (Lipinski definition) is 1. The molecule has 1 saturated heterocycles. The summed E-state index contributed by atoms with van der Waals surface area (Å²) >= 11 is 0. The summed E-state index contributed by atoms with van der Waals surface area (Å²) in [7, 11) is 0. The van der Waals surface area contributed by atoms with E-state index in [1.807, 2.05) is 19.9 Å². The van der Waals surface area contributed by atoms with E-state index in [0.717, 1.165) is 11.3 Å². The van der Waals surface area contributed by atoms with E-state index < -0.39 is 5.67 Å². The first-order valence-corrected chi connectivity index (χ1v) is 11.0. The molecule has 1 fully saturated rings. The van der Waals surface area contributed by atoms with Crippen molar-refractivity contribution in [1.29, 1.82) is 5.26 Å². The molecule has 1 aliphatic heterocycles. The van der Waals surface area contributed by atoms with Gasteiger partial charge in [-0.25, -0.2) is 4.39 Å². The first-order valence-electron chi connectivity index (χ1n) is 11.0. The van der Waals surface area contributed by atoms with Crippen LogP contribution in [-0.2, 0) is 5.67 Å². The fourth-order valence-electron chi connectivity index (χ4n) is 3.91. The normalized spacial score (nSPS) is 14.8. The van der Waals surface area contributed by atoms with Crippen LogP contribution in [0.5, 0.6) is 0 Å². The lowest BCUT2D eigenvalue weighted by atomic mass is 9.89. The first-order chi connectivity index (χ1) is 16.3. The molecular formula is C26H24FN5O2. The van der Waals surface area contributed by atoms with Gasteiger partial charge in [0.15, 0.2) is 5.67 Å². The minimum atomic E-state index is -1.64. The number of carbonyl (C=O) groups excluding carboxylic acids is 2. The van der Waals surface area contributed by atoms with Crippen LogP contribution in [0.4, 0.5) is 10.1 Å². The van der Waals surface area contributed by atoms with Gasteiger partial charge in [0.2, 0.25) is 0 Å². The van der Waals surface area contributed by atoms with E-state index in [9.17, 15) is 9.59 Å². The topological polar surface area (TPSA) is 99.0 Å². The van der Waals surface area contributed by atoms with Crippen molar-refractivity contribution in [3.05, 3.63) is 88.5 Å². The third kappa shape index (κ3) is 4.79. The lowest BCUT2D eigenvalue weighted by Gasteiger charge is -2.36. The number of aryl methyl sites for hydroxylation is 2. The van der Waals surface area contributed by atoms with Crippen LogP contribution < -0.4 is 5.32 Å². The molecule has 0 aliphatic carbocycles. The summed E-state index contributed by atoms with van der Waals surface area (Å²) in [6.45, 7) is 4.17. The Morgan fingerprint density at radius 2 is 1.76 bits per heavy atom. The van der Waals surface area contributed by atoms with E-state index in [1.54, 1.807) is 41.3 Å². The van der Waals surface area contributed by atoms with Crippen molar-refractivity contribution >= 4 is 17.5 Å². The van der Waals surface area contributed by atoms with E-state index >= 15 is 4.39 Å². The Labute approximate surface area is 197 Å². The maximum Gasteiger partial charge on any atom is 0.257 e. The largest absolute Gasteiger partial charge is 0.338 e. The second-order valence-corrected chi connectivity index (χ2v) is 8.47. The van der Waals surface area contributed by atoms with Crippen molar-refractivity contribution in [2.24, 2.45) is 0 Å². The second kappa shape index (κ2) is 9.40. The Morgan fingerprint density at radius 3 is 2.38 bits per heavy atom. The highest BCUT2D eigenvalue weighted by Crippen LogP contribution is 2.36. The summed E-state index contributed by atoms with van der Waals surface area (Å²) in [4.78, 5) is 35.6. The van der Waals surface area contributed by atoms with Crippen LogP contribution in [0, 0.1) is 25.2 Å². The fourth-order valence-corrected chi connectivity index (χ4v) is 3.91. The first kappa shape index (κ1) is 23.1. The van der Waals surface area contributed by atoms with Gasteiger partial charge in [-0.2, -0.15) is 5.26 Å². The molecule has 0 radical (unpaired) electrons. The van der Waals surface area contributed by atoms with Crippen LogP contribution in [0.25, 0.3) is 0 Å². The van der Waals surface area contributed by atoms with E-state index in [-0.39, 0.29) is 43.4 Å². The number of rotatable bonds is 4. The monoisotopic (exact) mass is 457 g/mol. The number of hydrogen-bond acceptors (Lipinski definition) is 5. The molecule has 0 bridgehead atoms. The number of piperidine rings is 1. The molecule has 3 heterocycles. The van der Waals surface area contributed by atoms with Crippen LogP contribution in [0.1, 0.15) is 56.1 Å². The third-order valence-corrected chi connectivity index (χ3v) is 6.10. The minimum Gasteiger partial charge on any atom is -0.338 e. The Balaban J connectivity index is 1.44. The summed E-state index contributed by atoms with van der Waals surface area (Å²) in [5, 5.41) is 11.8. The van der Waals surface area contributed by atoms with Gasteiger partial charge in [0.05, 0.1) is 16.8 Å². The van der Waals surface area contributed by atoms with Gasteiger partial charge < -0.3 is 10.2 Å². The van der Waals surface area contributed by atoms with Crippen LogP contribution in [-0.4, -0.2) is 39.8 Å². The number of halogens is 1. The van der Waals surface area contributed by atoms with E-state index in [0.29, 0.717) is 22.4 Å².